The monoisotopic (exact) mass is 357 g/mol. The average Bonchev–Trinajstić information content (AvgIpc) is 2.70. The van der Waals surface area contributed by atoms with Gasteiger partial charge >= 0.3 is 5.97 Å². The fourth-order valence-corrected chi connectivity index (χ4v) is 2.36. The lowest BCUT2D eigenvalue weighted by molar-refractivity contribution is -0.124. The maximum absolute atomic E-state index is 12.1. The third-order valence-electron chi connectivity index (χ3n) is 3.90. The number of carbonyl (C=O) groups is 2. The van der Waals surface area contributed by atoms with Crippen molar-refractivity contribution in [3.63, 3.8) is 0 Å². The third-order valence-corrected chi connectivity index (χ3v) is 3.90. The van der Waals surface area contributed by atoms with Gasteiger partial charge in [-0.2, -0.15) is 0 Å². The Bertz CT molecular complexity index is 723. The van der Waals surface area contributed by atoms with Crippen molar-refractivity contribution >= 4 is 11.9 Å². The summed E-state index contributed by atoms with van der Waals surface area (Å²) in [5, 5.41) is 2.77. The van der Waals surface area contributed by atoms with Gasteiger partial charge in [0.2, 0.25) is 0 Å². The molecule has 0 fully saturated rings. The Hall–Kier alpha value is -3.02. The van der Waals surface area contributed by atoms with Crippen molar-refractivity contribution in [3.05, 3.63) is 59.7 Å². The Kier molecular flexibility index (Phi) is 7.02. The first-order chi connectivity index (χ1) is 12.5. The van der Waals surface area contributed by atoms with Gasteiger partial charge in [-0.15, -0.1) is 0 Å². The molecule has 0 bridgehead atoms. The van der Waals surface area contributed by atoms with E-state index in [1.165, 1.54) is 26.4 Å². The van der Waals surface area contributed by atoms with Gasteiger partial charge in [0.05, 0.1) is 19.8 Å². The van der Waals surface area contributed by atoms with Gasteiger partial charge < -0.3 is 19.5 Å². The Morgan fingerprint density at radius 3 is 2.19 bits per heavy atom. The molecule has 0 saturated carbocycles. The van der Waals surface area contributed by atoms with E-state index in [1.807, 2.05) is 37.3 Å². The summed E-state index contributed by atoms with van der Waals surface area (Å²) < 4.78 is 15.3. The Balaban J connectivity index is 1.84. The Morgan fingerprint density at radius 1 is 1.00 bits per heavy atom. The van der Waals surface area contributed by atoms with Crippen molar-refractivity contribution < 1.29 is 23.8 Å². The number of rotatable bonds is 8. The zero-order valence-corrected chi connectivity index (χ0v) is 15.2. The summed E-state index contributed by atoms with van der Waals surface area (Å²) in [5.41, 5.74) is 1.39. The van der Waals surface area contributed by atoms with Gasteiger partial charge in [-0.25, -0.2) is 4.79 Å². The molecule has 0 aliphatic heterocycles. The standard InChI is InChI=1S/C20H23NO5/c1-14(15-7-5-4-6-8-15)12-21-19(22)13-26-20(23)16-9-17(24-2)11-18(10-16)25-3/h4-11,14H,12-13H2,1-3H3,(H,21,22)/t14-/m0/s1. The summed E-state index contributed by atoms with van der Waals surface area (Å²) in [5.74, 6) is 0.137. The molecule has 0 saturated heterocycles. The molecule has 6 heteroatoms. The Labute approximate surface area is 153 Å². The van der Waals surface area contributed by atoms with Gasteiger partial charge in [-0.05, 0) is 23.6 Å². The molecule has 0 radical (unpaired) electrons. The van der Waals surface area contributed by atoms with Crippen LogP contribution < -0.4 is 14.8 Å². The lowest BCUT2D eigenvalue weighted by Gasteiger charge is -2.13. The molecule has 2 aromatic rings. The predicted molar refractivity (Wildman–Crippen MR) is 97.7 cm³/mol. The molecule has 1 N–H and O–H groups in total. The number of esters is 1. The fourth-order valence-electron chi connectivity index (χ4n) is 2.36. The summed E-state index contributed by atoms with van der Waals surface area (Å²) in [6.45, 7) is 2.14. The minimum Gasteiger partial charge on any atom is -0.497 e. The topological polar surface area (TPSA) is 73.9 Å². The van der Waals surface area contributed by atoms with Crippen LogP contribution in [0.5, 0.6) is 11.5 Å². The summed E-state index contributed by atoms with van der Waals surface area (Å²) in [4.78, 5) is 24.1. The molecule has 0 aliphatic rings. The number of carbonyl (C=O) groups excluding carboxylic acids is 2. The van der Waals surface area contributed by atoms with Gasteiger partial charge in [-0.3, -0.25) is 4.79 Å². The molecular formula is C20H23NO5. The third kappa shape index (κ3) is 5.51. The smallest absolute Gasteiger partial charge is 0.338 e. The van der Waals surface area contributed by atoms with Crippen LogP contribution >= 0.6 is 0 Å². The fraction of sp³-hybridized carbons (Fsp3) is 0.300. The van der Waals surface area contributed by atoms with Gasteiger partial charge in [-0.1, -0.05) is 37.3 Å². The van der Waals surface area contributed by atoms with Crippen LogP contribution in [-0.2, 0) is 9.53 Å². The molecular weight excluding hydrogens is 334 g/mol. The second-order valence-corrected chi connectivity index (χ2v) is 5.79. The van der Waals surface area contributed by atoms with Crippen molar-refractivity contribution in [1.82, 2.24) is 5.32 Å². The first-order valence-electron chi connectivity index (χ1n) is 8.25. The lowest BCUT2D eigenvalue weighted by Crippen LogP contribution is -2.31. The quantitative estimate of drug-likeness (QED) is 0.736. The van der Waals surface area contributed by atoms with Crippen molar-refractivity contribution in [2.45, 2.75) is 12.8 Å². The number of hydrogen-bond acceptors (Lipinski definition) is 5. The number of amides is 1. The molecule has 1 amide bonds. The zero-order chi connectivity index (χ0) is 18.9. The molecule has 6 nitrogen and oxygen atoms in total. The van der Waals surface area contributed by atoms with Crippen LogP contribution in [0.3, 0.4) is 0 Å². The summed E-state index contributed by atoms with van der Waals surface area (Å²) in [6.07, 6.45) is 0. The lowest BCUT2D eigenvalue weighted by atomic mass is 10.0. The highest BCUT2D eigenvalue weighted by Crippen LogP contribution is 2.23. The molecule has 138 valence electrons. The van der Waals surface area contributed by atoms with E-state index >= 15 is 0 Å². The maximum atomic E-state index is 12.1. The number of ether oxygens (including phenoxy) is 3. The van der Waals surface area contributed by atoms with Crippen LogP contribution in [0.15, 0.2) is 48.5 Å². The zero-order valence-electron chi connectivity index (χ0n) is 15.2. The normalized spacial score (nSPS) is 11.3. The molecule has 0 unspecified atom stereocenters. The van der Waals surface area contributed by atoms with E-state index in [9.17, 15) is 9.59 Å². The largest absolute Gasteiger partial charge is 0.497 e. The van der Waals surface area contributed by atoms with E-state index in [1.54, 1.807) is 6.07 Å². The van der Waals surface area contributed by atoms with Gasteiger partial charge in [0.25, 0.3) is 5.91 Å². The van der Waals surface area contributed by atoms with Crippen molar-refractivity contribution in [3.8, 4) is 11.5 Å². The van der Waals surface area contributed by atoms with E-state index in [0.29, 0.717) is 18.0 Å². The first kappa shape index (κ1) is 19.3. The molecule has 2 rings (SSSR count). The van der Waals surface area contributed by atoms with E-state index in [0.717, 1.165) is 5.56 Å². The van der Waals surface area contributed by atoms with E-state index < -0.39 is 5.97 Å². The van der Waals surface area contributed by atoms with Crippen LogP contribution in [0, 0.1) is 0 Å². The number of nitrogens with one attached hydrogen (secondary N) is 1. The average molecular weight is 357 g/mol. The van der Waals surface area contributed by atoms with Crippen LogP contribution in [0.1, 0.15) is 28.8 Å². The second-order valence-electron chi connectivity index (χ2n) is 5.79. The van der Waals surface area contributed by atoms with E-state index in [-0.39, 0.29) is 24.0 Å². The van der Waals surface area contributed by atoms with Crippen molar-refractivity contribution in [2.75, 3.05) is 27.4 Å². The molecule has 1 atom stereocenters. The van der Waals surface area contributed by atoms with Crippen LogP contribution in [-0.4, -0.2) is 39.2 Å². The van der Waals surface area contributed by atoms with Crippen molar-refractivity contribution in [2.24, 2.45) is 0 Å². The molecule has 0 spiro atoms. The van der Waals surface area contributed by atoms with Gasteiger partial charge in [0.1, 0.15) is 11.5 Å². The molecule has 0 aromatic heterocycles. The number of hydrogen-bond donors (Lipinski definition) is 1. The number of methoxy groups -OCH3 is 2. The minimum atomic E-state index is -0.617. The summed E-state index contributed by atoms with van der Waals surface area (Å²) in [6, 6.07) is 14.6. The SMILES string of the molecule is COc1cc(OC)cc(C(=O)OCC(=O)NC[C@H](C)c2ccccc2)c1. The first-order valence-corrected chi connectivity index (χ1v) is 8.25. The highest BCUT2D eigenvalue weighted by atomic mass is 16.5. The minimum absolute atomic E-state index is 0.165. The molecule has 26 heavy (non-hydrogen) atoms. The molecule has 0 heterocycles. The van der Waals surface area contributed by atoms with Gasteiger partial charge in [0.15, 0.2) is 6.61 Å². The van der Waals surface area contributed by atoms with E-state index in [2.05, 4.69) is 5.32 Å². The Morgan fingerprint density at radius 2 is 1.62 bits per heavy atom. The van der Waals surface area contributed by atoms with Crippen LogP contribution in [0.4, 0.5) is 0 Å². The highest BCUT2D eigenvalue weighted by molar-refractivity contribution is 5.92. The van der Waals surface area contributed by atoms with Crippen LogP contribution in [0.25, 0.3) is 0 Å². The highest BCUT2D eigenvalue weighted by Gasteiger charge is 2.14. The van der Waals surface area contributed by atoms with Gasteiger partial charge in [0, 0.05) is 12.6 Å². The van der Waals surface area contributed by atoms with Crippen molar-refractivity contribution in [1.29, 1.82) is 0 Å². The molecule has 2 aromatic carbocycles. The summed E-state index contributed by atoms with van der Waals surface area (Å²) in [7, 11) is 2.98. The summed E-state index contributed by atoms with van der Waals surface area (Å²) >= 11 is 0. The second kappa shape index (κ2) is 9.46. The maximum Gasteiger partial charge on any atom is 0.338 e. The van der Waals surface area contributed by atoms with Crippen LogP contribution in [0.2, 0.25) is 0 Å². The van der Waals surface area contributed by atoms with E-state index in [4.69, 9.17) is 14.2 Å². The molecule has 0 aliphatic carbocycles. The predicted octanol–water partition coefficient (Wildman–Crippen LogP) is 2.78. The number of benzene rings is 2.